The second-order valence-corrected chi connectivity index (χ2v) is 4.67. The molecule has 0 saturated heterocycles. The predicted molar refractivity (Wildman–Crippen MR) is 81.7 cm³/mol. The second-order valence-electron chi connectivity index (χ2n) is 4.67. The lowest BCUT2D eigenvalue weighted by molar-refractivity contribution is -0.384. The minimum Gasteiger partial charge on any atom is -0.457 e. The maximum Gasteiger partial charge on any atom is 0.269 e. The van der Waals surface area contributed by atoms with Gasteiger partial charge in [-0.1, -0.05) is 25.1 Å². The van der Waals surface area contributed by atoms with E-state index in [4.69, 9.17) is 4.74 Å². The zero-order valence-electron chi connectivity index (χ0n) is 12.1. The number of non-ortho nitro benzene ring substituents is 1. The molecule has 5 heteroatoms. The van der Waals surface area contributed by atoms with Gasteiger partial charge in [-0.15, -0.1) is 0 Å². The third kappa shape index (κ3) is 3.79. The van der Waals surface area contributed by atoms with Crippen molar-refractivity contribution < 1.29 is 9.66 Å². The Morgan fingerprint density at radius 2 is 1.86 bits per heavy atom. The molecule has 0 fully saturated rings. The highest BCUT2D eigenvalue weighted by Gasteiger charge is 2.11. The molecular weight excluding hydrogens is 268 g/mol. The van der Waals surface area contributed by atoms with E-state index in [0.717, 1.165) is 17.9 Å². The fourth-order valence-electron chi connectivity index (χ4n) is 2.11. The van der Waals surface area contributed by atoms with Crippen molar-refractivity contribution in [3.63, 3.8) is 0 Å². The van der Waals surface area contributed by atoms with Crippen molar-refractivity contribution in [2.45, 2.75) is 19.9 Å². The predicted octanol–water partition coefficient (Wildman–Crippen LogP) is 4.06. The summed E-state index contributed by atoms with van der Waals surface area (Å²) in [5, 5.41) is 14.0. The van der Waals surface area contributed by atoms with Gasteiger partial charge in [-0.05, 0) is 31.7 Å². The van der Waals surface area contributed by atoms with Gasteiger partial charge in [0.05, 0.1) is 4.92 Å². The number of benzene rings is 2. The van der Waals surface area contributed by atoms with Crippen molar-refractivity contribution in [1.29, 1.82) is 0 Å². The van der Waals surface area contributed by atoms with Crippen LogP contribution in [0.4, 0.5) is 5.69 Å². The number of nitro benzene ring substituents is 1. The zero-order valence-corrected chi connectivity index (χ0v) is 12.1. The molecule has 1 N–H and O–H groups in total. The van der Waals surface area contributed by atoms with E-state index in [0.29, 0.717) is 5.75 Å². The summed E-state index contributed by atoms with van der Waals surface area (Å²) < 4.78 is 5.85. The van der Waals surface area contributed by atoms with Crippen LogP contribution >= 0.6 is 0 Å². The number of ether oxygens (including phenoxy) is 1. The van der Waals surface area contributed by atoms with Gasteiger partial charge in [-0.3, -0.25) is 10.1 Å². The van der Waals surface area contributed by atoms with E-state index in [1.807, 2.05) is 24.3 Å². The first-order valence-electron chi connectivity index (χ1n) is 6.86. The van der Waals surface area contributed by atoms with Crippen LogP contribution in [0.2, 0.25) is 0 Å². The smallest absolute Gasteiger partial charge is 0.269 e. The topological polar surface area (TPSA) is 64.4 Å². The molecule has 0 saturated carbocycles. The number of para-hydroxylation sites is 1. The van der Waals surface area contributed by atoms with Crippen molar-refractivity contribution in [2.75, 3.05) is 6.54 Å². The lowest BCUT2D eigenvalue weighted by Gasteiger charge is -2.17. The van der Waals surface area contributed by atoms with Gasteiger partial charge < -0.3 is 10.1 Å². The first-order valence-corrected chi connectivity index (χ1v) is 6.86. The molecule has 5 nitrogen and oxygen atoms in total. The first-order chi connectivity index (χ1) is 10.1. The average molecular weight is 286 g/mol. The van der Waals surface area contributed by atoms with Gasteiger partial charge in [0.2, 0.25) is 0 Å². The fourth-order valence-corrected chi connectivity index (χ4v) is 2.11. The normalized spacial score (nSPS) is 11.9. The molecule has 0 bridgehead atoms. The summed E-state index contributed by atoms with van der Waals surface area (Å²) in [4.78, 5) is 10.2. The van der Waals surface area contributed by atoms with Crippen LogP contribution in [0.15, 0.2) is 48.5 Å². The summed E-state index contributed by atoms with van der Waals surface area (Å²) >= 11 is 0. The number of nitrogens with zero attached hydrogens (tertiary/aromatic N) is 1. The summed E-state index contributed by atoms with van der Waals surface area (Å²) in [5.41, 5.74) is 1.11. The van der Waals surface area contributed by atoms with Crippen LogP contribution in [0.1, 0.15) is 25.5 Å². The van der Waals surface area contributed by atoms with E-state index >= 15 is 0 Å². The Bertz CT molecular complexity index is 611. The minimum atomic E-state index is -0.426. The van der Waals surface area contributed by atoms with Gasteiger partial charge >= 0.3 is 0 Å². The molecule has 1 atom stereocenters. The molecule has 0 aliphatic heterocycles. The number of hydrogen-bond acceptors (Lipinski definition) is 4. The highest BCUT2D eigenvalue weighted by molar-refractivity contribution is 5.42. The van der Waals surface area contributed by atoms with Crippen LogP contribution in [0.5, 0.6) is 11.5 Å². The lowest BCUT2D eigenvalue weighted by Crippen LogP contribution is -2.18. The first kappa shape index (κ1) is 15.0. The molecule has 110 valence electrons. The summed E-state index contributed by atoms with van der Waals surface area (Å²) in [5.74, 6) is 1.33. The maximum absolute atomic E-state index is 10.6. The van der Waals surface area contributed by atoms with Crippen LogP contribution < -0.4 is 10.1 Å². The molecule has 21 heavy (non-hydrogen) atoms. The molecular formula is C16H18N2O3. The standard InChI is InChI=1S/C16H18N2O3/c1-3-17-12(2)15-6-4-5-7-16(15)21-14-10-8-13(9-11-14)18(19)20/h4-12,17H,3H2,1-2H3. The minimum absolute atomic E-state index is 0.0525. The molecule has 0 aromatic heterocycles. The van der Waals surface area contributed by atoms with E-state index in [1.54, 1.807) is 12.1 Å². The molecule has 2 rings (SSSR count). The Balaban J connectivity index is 2.21. The lowest BCUT2D eigenvalue weighted by atomic mass is 10.1. The van der Waals surface area contributed by atoms with E-state index in [-0.39, 0.29) is 11.7 Å². The highest BCUT2D eigenvalue weighted by Crippen LogP contribution is 2.30. The van der Waals surface area contributed by atoms with E-state index < -0.39 is 4.92 Å². The van der Waals surface area contributed by atoms with Crippen LogP contribution in [0.25, 0.3) is 0 Å². The average Bonchev–Trinajstić information content (AvgIpc) is 2.48. The SMILES string of the molecule is CCNC(C)c1ccccc1Oc1ccc([N+](=O)[O-])cc1. The Labute approximate surface area is 123 Å². The monoisotopic (exact) mass is 286 g/mol. The highest BCUT2D eigenvalue weighted by atomic mass is 16.6. The van der Waals surface area contributed by atoms with Crippen LogP contribution in [0, 0.1) is 10.1 Å². The molecule has 2 aromatic rings. The zero-order chi connectivity index (χ0) is 15.2. The van der Waals surface area contributed by atoms with Gasteiger partial charge in [0, 0.05) is 23.7 Å². The van der Waals surface area contributed by atoms with Crippen molar-refractivity contribution in [3.8, 4) is 11.5 Å². The van der Waals surface area contributed by atoms with Crippen molar-refractivity contribution in [3.05, 3.63) is 64.2 Å². The summed E-state index contributed by atoms with van der Waals surface area (Å²) in [6, 6.07) is 14.0. The van der Waals surface area contributed by atoms with E-state index in [9.17, 15) is 10.1 Å². The fraction of sp³-hybridized carbons (Fsp3) is 0.250. The molecule has 0 aliphatic carbocycles. The molecule has 0 aliphatic rings. The third-order valence-electron chi connectivity index (χ3n) is 3.17. The van der Waals surface area contributed by atoms with Gasteiger partial charge in [0.25, 0.3) is 5.69 Å². The van der Waals surface area contributed by atoms with Gasteiger partial charge in [-0.25, -0.2) is 0 Å². The van der Waals surface area contributed by atoms with Crippen LogP contribution in [-0.4, -0.2) is 11.5 Å². The largest absolute Gasteiger partial charge is 0.457 e. The van der Waals surface area contributed by atoms with Crippen LogP contribution in [0.3, 0.4) is 0 Å². The van der Waals surface area contributed by atoms with Crippen molar-refractivity contribution >= 4 is 5.69 Å². The quantitative estimate of drug-likeness (QED) is 0.642. The molecule has 1 unspecified atom stereocenters. The molecule has 0 radical (unpaired) electrons. The van der Waals surface area contributed by atoms with Crippen molar-refractivity contribution in [1.82, 2.24) is 5.32 Å². The van der Waals surface area contributed by atoms with Gasteiger partial charge in [-0.2, -0.15) is 0 Å². The Morgan fingerprint density at radius 3 is 2.48 bits per heavy atom. The third-order valence-corrected chi connectivity index (χ3v) is 3.17. The maximum atomic E-state index is 10.6. The van der Waals surface area contributed by atoms with Gasteiger partial charge in [0.1, 0.15) is 11.5 Å². The Morgan fingerprint density at radius 1 is 1.19 bits per heavy atom. The molecule has 2 aromatic carbocycles. The number of rotatable bonds is 6. The molecule has 0 heterocycles. The Hall–Kier alpha value is -2.40. The summed E-state index contributed by atoms with van der Waals surface area (Å²) in [7, 11) is 0. The number of nitrogens with one attached hydrogen (secondary N) is 1. The number of nitro groups is 1. The Kier molecular flexibility index (Phi) is 4.90. The molecule has 0 amide bonds. The van der Waals surface area contributed by atoms with E-state index in [1.165, 1.54) is 12.1 Å². The van der Waals surface area contributed by atoms with Gasteiger partial charge in [0.15, 0.2) is 0 Å². The molecule has 0 spiro atoms. The number of hydrogen-bond donors (Lipinski definition) is 1. The summed E-state index contributed by atoms with van der Waals surface area (Å²) in [6.45, 7) is 4.99. The summed E-state index contributed by atoms with van der Waals surface area (Å²) in [6.07, 6.45) is 0. The van der Waals surface area contributed by atoms with E-state index in [2.05, 4.69) is 19.2 Å². The second kappa shape index (κ2) is 6.85. The van der Waals surface area contributed by atoms with Crippen molar-refractivity contribution in [2.24, 2.45) is 0 Å². The van der Waals surface area contributed by atoms with Crippen LogP contribution in [-0.2, 0) is 0 Å².